The molecule has 1 aliphatic carbocycles. The predicted molar refractivity (Wildman–Crippen MR) is 74.2 cm³/mol. The van der Waals surface area contributed by atoms with Crippen LogP contribution in [-0.2, 0) is 0 Å². The minimum absolute atomic E-state index is 0.133. The number of nitrogens with zero attached hydrogens (tertiary/aromatic N) is 3. The lowest BCUT2D eigenvalue weighted by atomic mass is 9.80. The van der Waals surface area contributed by atoms with Crippen molar-refractivity contribution >= 4 is 5.82 Å². The zero-order valence-corrected chi connectivity index (χ0v) is 11.3. The Hall–Kier alpha value is -1.20. The maximum atomic E-state index is 9.35. The molecule has 1 aromatic rings. The monoisotopic (exact) mass is 262 g/mol. The first-order chi connectivity index (χ1) is 9.31. The third-order valence-corrected chi connectivity index (χ3v) is 4.15. The molecule has 2 aliphatic rings. The Kier molecular flexibility index (Phi) is 3.94. The van der Waals surface area contributed by atoms with E-state index < -0.39 is 0 Å². The van der Waals surface area contributed by atoms with Crippen LogP contribution < -0.4 is 5.32 Å². The van der Waals surface area contributed by atoms with Crippen LogP contribution in [0.25, 0.3) is 0 Å². The van der Waals surface area contributed by atoms with Crippen LogP contribution in [0, 0.1) is 0 Å². The number of nitrogens with one attached hydrogen (secondary N) is 1. The van der Waals surface area contributed by atoms with Gasteiger partial charge in [-0.1, -0.05) is 0 Å². The summed E-state index contributed by atoms with van der Waals surface area (Å²) in [6.45, 7) is 4.48. The lowest BCUT2D eigenvalue weighted by Crippen LogP contribution is -2.28. The van der Waals surface area contributed by atoms with Gasteiger partial charge in [0.15, 0.2) is 0 Å². The minimum atomic E-state index is -0.133. The summed E-state index contributed by atoms with van der Waals surface area (Å²) in [6.07, 6.45) is 5.84. The largest absolute Gasteiger partial charge is 0.393 e. The molecule has 5 heteroatoms. The van der Waals surface area contributed by atoms with E-state index in [1.165, 1.54) is 25.9 Å². The molecule has 2 N–H and O–H groups in total. The Morgan fingerprint density at radius 2 is 2.05 bits per heavy atom. The van der Waals surface area contributed by atoms with Gasteiger partial charge < -0.3 is 15.3 Å². The summed E-state index contributed by atoms with van der Waals surface area (Å²) in [4.78, 5) is 11.1. The molecule has 19 heavy (non-hydrogen) atoms. The number of rotatable bonds is 5. The number of hydrogen-bond acceptors (Lipinski definition) is 5. The van der Waals surface area contributed by atoms with Gasteiger partial charge in [0.05, 0.1) is 6.10 Å². The molecule has 2 heterocycles. The van der Waals surface area contributed by atoms with Crippen molar-refractivity contribution in [2.24, 2.45) is 0 Å². The molecule has 1 aromatic heterocycles. The molecule has 0 bridgehead atoms. The van der Waals surface area contributed by atoms with Crippen LogP contribution in [0.15, 0.2) is 12.4 Å². The Morgan fingerprint density at radius 1 is 1.26 bits per heavy atom. The van der Waals surface area contributed by atoms with Crippen LogP contribution in [0.5, 0.6) is 0 Å². The zero-order valence-electron chi connectivity index (χ0n) is 11.3. The molecule has 5 nitrogen and oxygen atoms in total. The molecule has 1 aliphatic heterocycles. The van der Waals surface area contributed by atoms with E-state index in [1.54, 1.807) is 6.33 Å². The van der Waals surface area contributed by atoms with Crippen LogP contribution >= 0.6 is 0 Å². The van der Waals surface area contributed by atoms with Gasteiger partial charge in [0, 0.05) is 30.8 Å². The summed E-state index contributed by atoms with van der Waals surface area (Å²) in [5.74, 6) is 1.32. The van der Waals surface area contributed by atoms with E-state index in [-0.39, 0.29) is 6.10 Å². The van der Waals surface area contributed by atoms with Crippen LogP contribution in [0.3, 0.4) is 0 Å². The normalized spacial score (nSPS) is 27.2. The molecular formula is C14H22N4O. The zero-order chi connectivity index (χ0) is 13.1. The van der Waals surface area contributed by atoms with Crippen molar-refractivity contribution in [1.29, 1.82) is 0 Å². The van der Waals surface area contributed by atoms with Crippen LogP contribution in [0.4, 0.5) is 5.82 Å². The van der Waals surface area contributed by atoms with Gasteiger partial charge in [-0.25, -0.2) is 9.97 Å². The number of aliphatic hydroxyl groups excluding tert-OH is 1. The average molecular weight is 262 g/mol. The molecule has 0 unspecified atom stereocenters. The molecule has 1 saturated carbocycles. The average Bonchev–Trinajstić information content (AvgIpc) is 2.89. The first-order valence-corrected chi connectivity index (χ1v) is 7.27. The molecule has 0 spiro atoms. The second kappa shape index (κ2) is 5.84. The number of aromatic nitrogens is 2. The number of aliphatic hydroxyl groups is 1. The highest BCUT2D eigenvalue weighted by Crippen LogP contribution is 2.35. The number of likely N-dealkylation sites (tertiary alicyclic amines) is 1. The van der Waals surface area contributed by atoms with Gasteiger partial charge in [0.1, 0.15) is 12.1 Å². The first-order valence-electron chi connectivity index (χ1n) is 7.27. The SMILES string of the molecule is OC1CC(c2cc(NCCN3CCCC3)ncn2)C1. The van der Waals surface area contributed by atoms with Gasteiger partial charge in [-0.3, -0.25) is 0 Å². The third kappa shape index (κ3) is 3.22. The molecule has 3 rings (SSSR count). The molecular weight excluding hydrogens is 240 g/mol. The number of anilines is 1. The maximum absolute atomic E-state index is 9.35. The lowest BCUT2D eigenvalue weighted by Gasteiger charge is -2.30. The second-order valence-electron chi connectivity index (χ2n) is 5.63. The summed E-state index contributed by atoms with van der Waals surface area (Å²) in [5.41, 5.74) is 1.06. The Morgan fingerprint density at radius 3 is 2.79 bits per heavy atom. The standard InChI is InChI=1S/C14H22N4O/c19-12-7-11(8-12)13-9-14(17-10-16-13)15-3-6-18-4-1-2-5-18/h9-12,19H,1-8H2,(H,15,16,17). The summed E-state index contributed by atoms with van der Waals surface area (Å²) in [6, 6.07) is 2.03. The molecule has 0 atom stereocenters. The Bertz CT molecular complexity index is 414. The first kappa shape index (κ1) is 12.8. The minimum Gasteiger partial charge on any atom is -0.393 e. The van der Waals surface area contributed by atoms with Gasteiger partial charge in [0.2, 0.25) is 0 Å². The smallest absolute Gasteiger partial charge is 0.129 e. The van der Waals surface area contributed by atoms with Crippen molar-refractivity contribution in [3.8, 4) is 0 Å². The van der Waals surface area contributed by atoms with Gasteiger partial charge in [-0.05, 0) is 38.8 Å². The van der Waals surface area contributed by atoms with Gasteiger partial charge in [-0.15, -0.1) is 0 Å². The number of hydrogen-bond donors (Lipinski definition) is 2. The van der Waals surface area contributed by atoms with Gasteiger partial charge >= 0.3 is 0 Å². The summed E-state index contributed by atoms with van der Waals surface area (Å²) in [7, 11) is 0. The fourth-order valence-corrected chi connectivity index (χ4v) is 2.87. The van der Waals surface area contributed by atoms with Crippen molar-refractivity contribution in [3.05, 3.63) is 18.1 Å². The van der Waals surface area contributed by atoms with E-state index >= 15 is 0 Å². The fraction of sp³-hybridized carbons (Fsp3) is 0.714. The molecule has 0 amide bonds. The van der Waals surface area contributed by atoms with Crippen molar-refractivity contribution in [2.75, 3.05) is 31.5 Å². The fourth-order valence-electron chi connectivity index (χ4n) is 2.87. The molecule has 1 saturated heterocycles. The van der Waals surface area contributed by atoms with Crippen LogP contribution in [0.1, 0.15) is 37.3 Å². The summed E-state index contributed by atoms with van der Waals surface area (Å²) >= 11 is 0. The quantitative estimate of drug-likeness (QED) is 0.835. The van der Waals surface area contributed by atoms with Gasteiger partial charge in [0.25, 0.3) is 0 Å². The molecule has 0 aromatic carbocycles. The van der Waals surface area contributed by atoms with Gasteiger partial charge in [-0.2, -0.15) is 0 Å². The van der Waals surface area contributed by atoms with Crippen LogP contribution in [0.2, 0.25) is 0 Å². The van der Waals surface area contributed by atoms with E-state index in [1.807, 2.05) is 6.07 Å². The topological polar surface area (TPSA) is 61.3 Å². The van der Waals surface area contributed by atoms with E-state index in [9.17, 15) is 5.11 Å². The third-order valence-electron chi connectivity index (χ3n) is 4.15. The lowest BCUT2D eigenvalue weighted by molar-refractivity contribution is 0.0732. The summed E-state index contributed by atoms with van der Waals surface area (Å²) in [5, 5.41) is 12.7. The predicted octanol–water partition coefficient (Wildman–Crippen LogP) is 1.22. The van der Waals surface area contributed by atoms with E-state index in [0.29, 0.717) is 5.92 Å². The highest BCUT2D eigenvalue weighted by atomic mass is 16.3. The van der Waals surface area contributed by atoms with E-state index in [2.05, 4.69) is 20.2 Å². The summed E-state index contributed by atoms with van der Waals surface area (Å²) < 4.78 is 0. The highest BCUT2D eigenvalue weighted by Gasteiger charge is 2.29. The molecule has 2 fully saturated rings. The van der Waals surface area contributed by atoms with E-state index in [4.69, 9.17) is 0 Å². The van der Waals surface area contributed by atoms with Crippen molar-refractivity contribution < 1.29 is 5.11 Å². The Labute approximate surface area is 114 Å². The van der Waals surface area contributed by atoms with Crippen molar-refractivity contribution in [3.63, 3.8) is 0 Å². The van der Waals surface area contributed by atoms with Crippen LogP contribution in [-0.4, -0.2) is 52.3 Å². The Balaban J connectivity index is 1.48. The molecule has 104 valence electrons. The highest BCUT2D eigenvalue weighted by molar-refractivity contribution is 5.36. The van der Waals surface area contributed by atoms with Crippen molar-refractivity contribution in [2.45, 2.75) is 37.7 Å². The van der Waals surface area contributed by atoms with E-state index in [0.717, 1.165) is 37.4 Å². The maximum Gasteiger partial charge on any atom is 0.129 e. The second-order valence-corrected chi connectivity index (χ2v) is 5.63. The molecule has 0 radical (unpaired) electrons. The van der Waals surface area contributed by atoms with Crippen molar-refractivity contribution in [1.82, 2.24) is 14.9 Å².